The van der Waals surface area contributed by atoms with Crippen molar-refractivity contribution in [2.75, 3.05) is 12.9 Å². The van der Waals surface area contributed by atoms with Crippen molar-refractivity contribution in [2.24, 2.45) is 0 Å². The van der Waals surface area contributed by atoms with Crippen LogP contribution in [-0.2, 0) is 21.0 Å². The first-order chi connectivity index (χ1) is 17.6. The molecule has 0 saturated carbocycles. The third-order valence-electron chi connectivity index (χ3n) is 6.71. The van der Waals surface area contributed by atoms with Gasteiger partial charge in [0, 0.05) is 11.0 Å². The number of sulfone groups is 1. The average Bonchev–Trinajstić information content (AvgIpc) is 3.39. The standard InChI is InChI=1S/C28H43ClN4O3S/c1-6-7-8-9-10-11-12-13-14-15-18-37(34,35)20-21-16-17-22(36-5)19-23(21)26-30-27-24(29)25(28(2,3)4)31-33(27)32-26/h16-17,19H,6-15,18,20H2,1-5H3,(H,30,32). The Morgan fingerprint density at radius 1 is 0.973 bits per heavy atom. The van der Waals surface area contributed by atoms with E-state index in [4.69, 9.17) is 16.3 Å². The molecule has 3 rings (SSSR count). The third kappa shape index (κ3) is 8.21. The first-order valence-electron chi connectivity index (χ1n) is 13.6. The molecular weight excluding hydrogens is 508 g/mol. The van der Waals surface area contributed by atoms with Gasteiger partial charge in [0.05, 0.1) is 24.3 Å². The number of nitrogens with one attached hydrogen (secondary N) is 1. The summed E-state index contributed by atoms with van der Waals surface area (Å²) in [6.45, 7) is 8.36. The van der Waals surface area contributed by atoms with Crippen molar-refractivity contribution in [3.8, 4) is 17.1 Å². The highest BCUT2D eigenvalue weighted by molar-refractivity contribution is 7.90. The van der Waals surface area contributed by atoms with Gasteiger partial charge in [0.1, 0.15) is 10.8 Å². The number of aromatic nitrogens is 4. The molecule has 9 heteroatoms. The van der Waals surface area contributed by atoms with Crippen LogP contribution in [0.2, 0.25) is 5.02 Å². The number of ether oxygens (including phenoxy) is 1. The smallest absolute Gasteiger partial charge is 0.175 e. The normalized spacial score (nSPS) is 12.5. The zero-order valence-corrected chi connectivity index (χ0v) is 24.6. The summed E-state index contributed by atoms with van der Waals surface area (Å²) in [4.78, 5) is 3.24. The fraction of sp³-hybridized carbons (Fsp3) is 0.643. The highest BCUT2D eigenvalue weighted by atomic mass is 35.5. The molecule has 0 aliphatic heterocycles. The van der Waals surface area contributed by atoms with Crippen LogP contribution in [0.25, 0.3) is 17.0 Å². The van der Waals surface area contributed by atoms with E-state index in [-0.39, 0.29) is 16.9 Å². The van der Waals surface area contributed by atoms with Gasteiger partial charge in [0.15, 0.2) is 21.3 Å². The summed E-state index contributed by atoms with van der Waals surface area (Å²) in [7, 11) is -1.69. The Morgan fingerprint density at radius 3 is 2.16 bits per heavy atom. The number of methoxy groups -OCH3 is 1. The number of aromatic amines is 1. The Morgan fingerprint density at radius 2 is 1.59 bits per heavy atom. The molecule has 0 saturated heterocycles. The Bertz CT molecular complexity index is 1260. The summed E-state index contributed by atoms with van der Waals surface area (Å²) < 4.78 is 32.9. The van der Waals surface area contributed by atoms with Gasteiger partial charge in [-0.05, 0) is 24.1 Å². The van der Waals surface area contributed by atoms with Gasteiger partial charge in [-0.25, -0.2) is 8.42 Å². The first kappa shape index (κ1) is 29.5. The molecule has 206 valence electrons. The maximum Gasteiger partial charge on any atom is 0.175 e. The van der Waals surface area contributed by atoms with Crippen LogP contribution in [0.3, 0.4) is 0 Å². The maximum atomic E-state index is 13.0. The van der Waals surface area contributed by atoms with Crippen molar-refractivity contribution in [1.82, 2.24) is 19.8 Å². The summed E-state index contributed by atoms with van der Waals surface area (Å²) in [5.41, 5.74) is 2.46. The second kappa shape index (κ2) is 13.1. The van der Waals surface area contributed by atoms with Gasteiger partial charge < -0.3 is 9.72 Å². The molecule has 0 unspecified atom stereocenters. The van der Waals surface area contributed by atoms with Crippen LogP contribution in [0.1, 0.15) is 103 Å². The summed E-state index contributed by atoms with van der Waals surface area (Å²) in [5.74, 6) is 1.28. The largest absolute Gasteiger partial charge is 0.497 e. The average molecular weight is 551 g/mol. The predicted molar refractivity (Wildman–Crippen MR) is 152 cm³/mol. The number of hydrogen-bond acceptors (Lipinski definition) is 5. The minimum absolute atomic E-state index is 0.0479. The Labute approximate surface area is 227 Å². The van der Waals surface area contributed by atoms with Gasteiger partial charge in [-0.1, -0.05) is 103 Å². The zero-order valence-electron chi connectivity index (χ0n) is 23.1. The Hall–Kier alpha value is -2.06. The lowest BCUT2D eigenvalue weighted by Gasteiger charge is -2.14. The molecule has 1 N–H and O–H groups in total. The molecule has 0 atom stereocenters. The van der Waals surface area contributed by atoms with Gasteiger partial charge in [-0.3, -0.25) is 0 Å². The van der Waals surface area contributed by atoms with Crippen molar-refractivity contribution in [3.63, 3.8) is 0 Å². The van der Waals surface area contributed by atoms with Crippen LogP contribution in [0.5, 0.6) is 5.75 Å². The number of unbranched alkanes of at least 4 members (excludes halogenated alkanes) is 9. The number of benzene rings is 1. The van der Waals surface area contributed by atoms with E-state index < -0.39 is 9.84 Å². The quantitative estimate of drug-likeness (QED) is 0.198. The van der Waals surface area contributed by atoms with E-state index in [1.807, 2.05) is 26.8 Å². The molecule has 0 bridgehead atoms. The number of rotatable bonds is 15. The zero-order chi connectivity index (χ0) is 27.1. The number of hydrogen-bond donors (Lipinski definition) is 1. The fourth-order valence-electron chi connectivity index (χ4n) is 4.55. The van der Waals surface area contributed by atoms with Gasteiger partial charge in [0.25, 0.3) is 0 Å². The van der Waals surface area contributed by atoms with E-state index in [1.54, 1.807) is 19.2 Å². The molecule has 0 aliphatic carbocycles. The molecule has 0 aliphatic rings. The highest BCUT2D eigenvalue weighted by Crippen LogP contribution is 2.33. The van der Waals surface area contributed by atoms with Crippen LogP contribution in [0, 0.1) is 0 Å². The van der Waals surface area contributed by atoms with Crippen LogP contribution < -0.4 is 4.74 Å². The lowest BCUT2D eigenvalue weighted by Crippen LogP contribution is -2.13. The fourth-order valence-corrected chi connectivity index (χ4v) is 6.50. The molecule has 3 aromatic rings. The Balaban J connectivity index is 1.65. The molecule has 0 spiro atoms. The van der Waals surface area contributed by atoms with Crippen molar-refractivity contribution in [2.45, 2.75) is 103 Å². The lowest BCUT2D eigenvalue weighted by molar-refractivity contribution is 0.415. The highest BCUT2D eigenvalue weighted by Gasteiger charge is 2.26. The number of fused-ring (bicyclic) bond motifs is 1. The van der Waals surface area contributed by atoms with Crippen molar-refractivity contribution in [3.05, 3.63) is 34.5 Å². The Kier molecular flexibility index (Phi) is 10.5. The van der Waals surface area contributed by atoms with Crippen LogP contribution in [-0.4, -0.2) is 41.1 Å². The van der Waals surface area contributed by atoms with Gasteiger partial charge in [-0.15, -0.1) is 9.73 Å². The molecule has 1 aromatic carbocycles. The van der Waals surface area contributed by atoms with Crippen LogP contribution in [0.4, 0.5) is 0 Å². The van der Waals surface area contributed by atoms with Gasteiger partial charge in [0.2, 0.25) is 0 Å². The lowest BCUT2D eigenvalue weighted by atomic mass is 9.92. The molecule has 37 heavy (non-hydrogen) atoms. The monoisotopic (exact) mass is 550 g/mol. The van der Waals surface area contributed by atoms with E-state index in [2.05, 4.69) is 22.1 Å². The molecule has 0 fully saturated rings. The van der Waals surface area contributed by atoms with Crippen LogP contribution in [0.15, 0.2) is 18.2 Å². The molecule has 0 radical (unpaired) electrons. The number of H-pyrrole nitrogens is 1. The molecular formula is C28H43ClN4O3S. The maximum absolute atomic E-state index is 13.0. The van der Waals surface area contributed by atoms with Gasteiger partial charge >= 0.3 is 0 Å². The first-order valence-corrected chi connectivity index (χ1v) is 15.8. The summed E-state index contributed by atoms with van der Waals surface area (Å²) in [6.07, 6.45) is 11.7. The molecule has 0 amide bonds. The third-order valence-corrected chi connectivity index (χ3v) is 8.73. The van der Waals surface area contributed by atoms with Crippen LogP contribution >= 0.6 is 11.6 Å². The minimum Gasteiger partial charge on any atom is -0.497 e. The van der Waals surface area contributed by atoms with Crippen molar-refractivity contribution >= 4 is 27.1 Å². The topological polar surface area (TPSA) is 89.3 Å². The van der Waals surface area contributed by atoms with Crippen molar-refractivity contribution < 1.29 is 13.2 Å². The number of nitrogens with zero attached hydrogens (tertiary/aromatic N) is 3. The summed E-state index contributed by atoms with van der Waals surface area (Å²) >= 11 is 6.60. The van der Waals surface area contributed by atoms with E-state index in [9.17, 15) is 8.42 Å². The molecule has 2 heterocycles. The molecule has 7 nitrogen and oxygen atoms in total. The van der Waals surface area contributed by atoms with Gasteiger partial charge in [-0.2, -0.15) is 5.10 Å². The summed E-state index contributed by atoms with van der Waals surface area (Å²) in [6, 6.07) is 5.40. The second-order valence-electron chi connectivity index (χ2n) is 11.0. The minimum atomic E-state index is -3.27. The van der Waals surface area contributed by atoms with E-state index in [1.165, 1.54) is 49.6 Å². The van der Waals surface area contributed by atoms with E-state index in [0.717, 1.165) is 18.5 Å². The van der Waals surface area contributed by atoms with Crippen molar-refractivity contribution in [1.29, 1.82) is 0 Å². The van der Waals surface area contributed by atoms with E-state index >= 15 is 0 Å². The van der Waals surface area contributed by atoms with E-state index in [0.29, 0.717) is 39.8 Å². The predicted octanol–water partition coefficient (Wildman–Crippen LogP) is 7.52. The summed E-state index contributed by atoms with van der Waals surface area (Å²) in [5, 5.41) is 9.66. The second-order valence-corrected chi connectivity index (χ2v) is 13.6. The molecule has 2 aromatic heterocycles. The SMILES string of the molecule is CCCCCCCCCCCCS(=O)(=O)Cc1ccc(OC)cc1-c1nn2nc(C(C)(C)C)c(Cl)c2[nH]1. The number of halogens is 1.